The predicted octanol–water partition coefficient (Wildman–Crippen LogP) is 2.17. The van der Waals surface area contributed by atoms with Crippen molar-refractivity contribution in [3.05, 3.63) is 29.0 Å². The second-order valence-electron chi connectivity index (χ2n) is 3.29. The molecular weight excluding hydrogens is 273 g/mol. The quantitative estimate of drug-likeness (QED) is 0.834. The molecule has 1 aliphatic rings. The van der Waals surface area contributed by atoms with Gasteiger partial charge in [0, 0.05) is 12.3 Å². The number of rotatable bonds is 2. The van der Waals surface area contributed by atoms with Crippen LogP contribution in [-0.4, -0.2) is 30.9 Å². The number of halogens is 2. The van der Waals surface area contributed by atoms with Crippen LogP contribution < -0.4 is 0 Å². The average molecular weight is 282 g/mol. The minimum atomic E-state index is -3.65. The first-order chi connectivity index (χ1) is 7.51. The minimum Gasteiger partial charge on any atom is -0.207 e. The molecule has 0 bridgehead atoms. The summed E-state index contributed by atoms with van der Waals surface area (Å²) in [4.78, 5) is -0.156. The SMILES string of the molecule is O=S(=O)(c1cc(F)ccc1Cl)N1CCSC1. The first-order valence-electron chi connectivity index (χ1n) is 4.55. The van der Waals surface area contributed by atoms with Crippen LogP contribution in [0.3, 0.4) is 0 Å². The molecule has 3 nitrogen and oxygen atoms in total. The Balaban J connectivity index is 2.46. The van der Waals surface area contributed by atoms with E-state index in [1.54, 1.807) is 0 Å². The van der Waals surface area contributed by atoms with Gasteiger partial charge in [-0.3, -0.25) is 0 Å². The summed E-state index contributed by atoms with van der Waals surface area (Å²) in [5.41, 5.74) is 0. The molecule has 2 rings (SSSR count). The Hall–Kier alpha value is -0.300. The van der Waals surface area contributed by atoms with Gasteiger partial charge in [0.05, 0.1) is 10.9 Å². The Kier molecular flexibility index (Phi) is 3.44. The fraction of sp³-hybridized carbons (Fsp3) is 0.333. The van der Waals surface area contributed by atoms with Crippen molar-refractivity contribution in [3.8, 4) is 0 Å². The van der Waals surface area contributed by atoms with Crippen molar-refractivity contribution in [2.75, 3.05) is 18.2 Å². The summed E-state index contributed by atoms with van der Waals surface area (Å²) < 4.78 is 38.5. The molecule has 1 saturated heterocycles. The Morgan fingerprint density at radius 3 is 2.81 bits per heavy atom. The molecule has 88 valence electrons. The molecule has 0 atom stereocenters. The van der Waals surface area contributed by atoms with E-state index in [9.17, 15) is 12.8 Å². The summed E-state index contributed by atoms with van der Waals surface area (Å²) in [5, 5.41) is 0.0540. The van der Waals surface area contributed by atoms with Crippen LogP contribution in [0, 0.1) is 5.82 Å². The maximum absolute atomic E-state index is 13.0. The number of thioether (sulfide) groups is 1. The van der Waals surface area contributed by atoms with E-state index in [1.807, 2.05) is 0 Å². The van der Waals surface area contributed by atoms with Crippen molar-refractivity contribution in [1.82, 2.24) is 4.31 Å². The van der Waals surface area contributed by atoms with Crippen molar-refractivity contribution >= 4 is 33.4 Å². The van der Waals surface area contributed by atoms with Gasteiger partial charge < -0.3 is 0 Å². The number of hydrogen-bond donors (Lipinski definition) is 0. The molecular formula is C9H9ClFNO2S2. The maximum atomic E-state index is 13.0. The molecule has 0 aliphatic carbocycles. The molecule has 16 heavy (non-hydrogen) atoms. The molecule has 1 heterocycles. The van der Waals surface area contributed by atoms with Crippen molar-refractivity contribution in [1.29, 1.82) is 0 Å². The molecule has 7 heteroatoms. The molecule has 1 aliphatic heterocycles. The molecule has 0 spiro atoms. The standard InChI is InChI=1S/C9H9ClFNO2S2/c10-8-2-1-7(11)5-9(8)16(13,14)12-3-4-15-6-12/h1-2,5H,3-4,6H2. The van der Waals surface area contributed by atoms with E-state index in [-0.39, 0.29) is 9.92 Å². The van der Waals surface area contributed by atoms with E-state index in [1.165, 1.54) is 22.1 Å². The average Bonchev–Trinajstić information content (AvgIpc) is 2.75. The van der Waals surface area contributed by atoms with Gasteiger partial charge >= 0.3 is 0 Å². The zero-order valence-electron chi connectivity index (χ0n) is 8.19. The Labute approximate surface area is 103 Å². The topological polar surface area (TPSA) is 37.4 Å². The van der Waals surface area contributed by atoms with E-state index in [4.69, 9.17) is 11.6 Å². The van der Waals surface area contributed by atoms with Gasteiger partial charge in [-0.05, 0) is 18.2 Å². The Morgan fingerprint density at radius 2 is 2.19 bits per heavy atom. The number of benzene rings is 1. The highest BCUT2D eigenvalue weighted by Crippen LogP contribution is 2.28. The second kappa shape index (κ2) is 4.52. The van der Waals surface area contributed by atoms with Crippen LogP contribution in [0.15, 0.2) is 23.1 Å². The van der Waals surface area contributed by atoms with E-state index < -0.39 is 15.8 Å². The molecule has 0 saturated carbocycles. The van der Waals surface area contributed by atoms with Gasteiger partial charge in [0.1, 0.15) is 10.7 Å². The Morgan fingerprint density at radius 1 is 1.44 bits per heavy atom. The van der Waals surface area contributed by atoms with Gasteiger partial charge in [-0.15, -0.1) is 11.8 Å². The summed E-state index contributed by atoms with van der Waals surface area (Å²) in [6.45, 7) is 0.444. The first kappa shape index (κ1) is 12.2. The zero-order chi connectivity index (χ0) is 11.8. The second-order valence-corrected chi connectivity index (χ2v) is 6.68. The lowest BCUT2D eigenvalue weighted by molar-refractivity contribution is 0.488. The highest BCUT2D eigenvalue weighted by molar-refractivity contribution is 8.00. The zero-order valence-corrected chi connectivity index (χ0v) is 10.6. The molecule has 0 N–H and O–H groups in total. The van der Waals surface area contributed by atoms with Crippen molar-refractivity contribution < 1.29 is 12.8 Å². The smallest absolute Gasteiger partial charge is 0.207 e. The molecule has 0 aromatic heterocycles. The molecule has 0 radical (unpaired) electrons. The van der Waals surface area contributed by atoms with Gasteiger partial charge in [-0.25, -0.2) is 12.8 Å². The predicted molar refractivity (Wildman–Crippen MR) is 62.6 cm³/mol. The normalized spacial score (nSPS) is 17.9. The number of hydrogen-bond acceptors (Lipinski definition) is 3. The van der Waals surface area contributed by atoms with Gasteiger partial charge in [0.15, 0.2) is 0 Å². The number of sulfonamides is 1. The lowest BCUT2D eigenvalue weighted by Crippen LogP contribution is -2.28. The van der Waals surface area contributed by atoms with Crippen LogP contribution in [0.5, 0.6) is 0 Å². The summed E-state index contributed by atoms with van der Waals surface area (Å²) >= 11 is 7.30. The van der Waals surface area contributed by atoms with Crippen LogP contribution in [0.1, 0.15) is 0 Å². The van der Waals surface area contributed by atoms with Crippen LogP contribution in [-0.2, 0) is 10.0 Å². The van der Waals surface area contributed by atoms with Gasteiger partial charge in [-0.1, -0.05) is 11.6 Å². The summed E-state index contributed by atoms with van der Waals surface area (Å²) in [6.07, 6.45) is 0. The number of nitrogens with zero attached hydrogens (tertiary/aromatic N) is 1. The highest BCUT2D eigenvalue weighted by Gasteiger charge is 2.29. The van der Waals surface area contributed by atoms with Gasteiger partial charge in [0.2, 0.25) is 10.0 Å². The highest BCUT2D eigenvalue weighted by atomic mass is 35.5. The lowest BCUT2D eigenvalue weighted by atomic mass is 10.3. The molecule has 1 fully saturated rings. The molecule has 1 aromatic rings. The third-order valence-corrected chi connectivity index (χ3v) is 5.69. The molecule has 0 unspecified atom stereocenters. The van der Waals surface area contributed by atoms with Crippen LogP contribution in [0.2, 0.25) is 5.02 Å². The fourth-order valence-corrected chi connectivity index (χ4v) is 4.70. The van der Waals surface area contributed by atoms with E-state index >= 15 is 0 Å². The largest absolute Gasteiger partial charge is 0.245 e. The van der Waals surface area contributed by atoms with E-state index in [0.717, 1.165) is 17.9 Å². The van der Waals surface area contributed by atoms with Crippen molar-refractivity contribution in [3.63, 3.8) is 0 Å². The molecule has 0 amide bonds. The Bertz CT molecular complexity index is 500. The fourth-order valence-electron chi connectivity index (χ4n) is 1.40. The summed E-state index contributed by atoms with van der Waals surface area (Å²) in [7, 11) is -3.65. The van der Waals surface area contributed by atoms with Gasteiger partial charge in [-0.2, -0.15) is 4.31 Å². The minimum absolute atomic E-state index is 0.0540. The summed E-state index contributed by atoms with van der Waals surface area (Å²) in [5.74, 6) is 0.552. The van der Waals surface area contributed by atoms with E-state index in [2.05, 4.69) is 0 Å². The lowest BCUT2D eigenvalue weighted by Gasteiger charge is -2.15. The first-order valence-corrected chi connectivity index (χ1v) is 7.52. The van der Waals surface area contributed by atoms with Crippen LogP contribution >= 0.6 is 23.4 Å². The van der Waals surface area contributed by atoms with Crippen molar-refractivity contribution in [2.45, 2.75) is 4.90 Å². The molecule has 1 aromatic carbocycles. The third kappa shape index (κ3) is 2.20. The maximum Gasteiger partial charge on any atom is 0.245 e. The monoisotopic (exact) mass is 281 g/mol. The van der Waals surface area contributed by atoms with Crippen LogP contribution in [0.25, 0.3) is 0 Å². The van der Waals surface area contributed by atoms with Crippen LogP contribution in [0.4, 0.5) is 4.39 Å². The van der Waals surface area contributed by atoms with Crippen molar-refractivity contribution in [2.24, 2.45) is 0 Å². The third-order valence-electron chi connectivity index (χ3n) is 2.23. The van der Waals surface area contributed by atoms with Gasteiger partial charge in [0.25, 0.3) is 0 Å². The summed E-state index contributed by atoms with van der Waals surface area (Å²) in [6, 6.07) is 3.35. The van der Waals surface area contributed by atoms with E-state index in [0.29, 0.717) is 12.4 Å².